The number of anilines is 1. The minimum atomic E-state index is -0.475. The fourth-order valence-corrected chi connectivity index (χ4v) is 5.96. The molecule has 6 rings (SSSR count). The molecule has 12 heteroatoms. The maximum Gasteiger partial charge on any atom is 0.414 e. The number of hydrogen-bond donors (Lipinski definition) is 3. The lowest BCUT2D eigenvalue weighted by Gasteiger charge is -2.35. The molecule has 3 heterocycles. The SMILES string of the molecule is Cc1cc(N=C(N)C(=CN)C(=O)c2cc3cc(OC4CCN(C(C)C)CC4)c(N4CCOC4=O)cc3[nH]2)ccc1Oc1ccccc1F. The molecule has 2 saturated heterocycles. The highest BCUT2D eigenvalue weighted by molar-refractivity contribution is 6.27. The van der Waals surface area contributed by atoms with Crippen LogP contribution >= 0.6 is 0 Å². The van der Waals surface area contributed by atoms with E-state index in [0.29, 0.717) is 46.5 Å². The Hall–Kier alpha value is -5.36. The van der Waals surface area contributed by atoms with Crippen molar-refractivity contribution in [1.29, 1.82) is 0 Å². The lowest BCUT2D eigenvalue weighted by molar-refractivity contribution is 0.0846. The van der Waals surface area contributed by atoms with E-state index >= 15 is 0 Å². The molecule has 0 unspecified atom stereocenters. The summed E-state index contributed by atoms with van der Waals surface area (Å²) in [6.45, 7) is 8.69. The Labute approximate surface area is 277 Å². The number of nitrogens with one attached hydrogen (secondary N) is 1. The van der Waals surface area contributed by atoms with E-state index in [0.717, 1.165) is 37.5 Å². The number of cyclic esters (lactones) is 1. The van der Waals surface area contributed by atoms with E-state index in [1.165, 1.54) is 6.07 Å². The zero-order valence-corrected chi connectivity index (χ0v) is 27.2. The molecule has 2 aliphatic rings. The number of ether oxygens (including phenoxy) is 3. The molecule has 11 nitrogen and oxygen atoms in total. The number of para-hydroxylation sites is 1. The minimum absolute atomic E-state index is 0.00243. The van der Waals surface area contributed by atoms with Crippen molar-refractivity contribution in [3.05, 3.63) is 89.5 Å². The van der Waals surface area contributed by atoms with Gasteiger partial charge in [0.2, 0.25) is 5.78 Å². The van der Waals surface area contributed by atoms with Gasteiger partial charge in [0.25, 0.3) is 0 Å². The Morgan fingerprint density at radius 2 is 1.83 bits per heavy atom. The predicted octanol–water partition coefficient (Wildman–Crippen LogP) is 6.33. The second kappa shape index (κ2) is 13.8. The number of amidine groups is 1. The number of benzene rings is 3. The van der Waals surface area contributed by atoms with E-state index in [1.54, 1.807) is 60.4 Å². The van der Waals surface area contributed by atoms with Gasteiger partial charge in [0, 0.05) is 36.2 Å². The van der Waals surface area contributed by atoms with Gasteiger partial charge in [-0.2, -0.15) is 0 Å². The average Bonchev–Trinajstić information content (AvgIpc) is 3.69. The molecule has 0 radical (unpaired) electrons. The Bertz CT molecular complexity index is 1910. The van der Waals surface area contributed by atoms with Gasteiger partial charge in [-0.15, -0.1) is 0 Å². The topological polar surface area (TPSA) is 148 Å². The Balaban J connectivity index is 1.24. The lowest BCUT2D eigenvalue weighted by Crippen LogP contribution is -2.41. The predicted molar refractivity (Wildman–Crippen MR) is 183 cm³/mol. The first-order valence-electron chi connectivity index (χ1n) is 16.0. The number of halogens is 1. The Morgan fingerprint density at radius 1 is 1.06 bits per heavy atom. The largest absolute Gasteiger partial charge is 0.488 e. The van der Waals surface area contributed by atoms with Crippen molar-refractivity contribution in [2.75, 3.05) is 31.1 Å². The molecule has 250 valence electrons. The summed E-state index contributed by atoms with van der Waals surface area (Å²) < 4.78 is 31.5. The zero-order valence-electron chi connectivity index (χ0n) is 27.2. The summed E-state index contributed by atoms with van der Waals surface area (Å²) in [5.74, 6) is 0.0877. The van der Waals surface area contributed by atoms with Crippen LogP contribution in [0.25, 0.3) is 10.9 Å². The molecule has 1 amide bonds. The molecule has 0 aliphatic carbocycles. The van der Waals surface area contributed by atoms with Gasteiger partial charge in [-0.3, -0.25) is 9.69 Å². The smallest absolute Gasteiger partial charge is 0.414 e. The fourth-order valence-electron chi connectivity index (χ4n) is 5.96. The van der Waals surface area contributed by atoms with E-state index in [2.05, 4.69) is 28.7 Å². The second-order valence-corrected chi connectivity index (χ2v) is 12.2. The third kappa shape index (κ3) is 6.84. The Kier molecular flexibility index (Phi) is 9.35. The summed E-state index contributed by atoms with van der Waals surface area (Å²) >= 11 is 0. The first-order chi connectivity index (χ1) is 23.1. The number of piperidine rings is 1. The quantitative estimate of drug-likeness (QED) is 0.0778. The van der Waals surface area contributed by atoms with Crippen LogP contribution in [0.3, 0.4) is 0 Å². The van der Waals surface area contributed by atoms with Crippen LogP contribution in [0.2, 0.25) is 0 Å². The third-order valence-corrected chi connectivity index (χ3v) is 8.65. The van der Waals surface area contributed by atoms with Crippen molar-refractivity contribution in [1.82, 2.24) is 9.88 Å². The number of aryl methyl sites for hydroxylation is 1. The summed E-state index contributed by atoms with van der Waals surface area (Å²) in [5, 5.41) is 0.720. The molecular formula is C36H39FN6O5. The highest BCUT2D eigenvalue weighted by atomic mass is 19.1. The summed E-state index contributed by atoms with van der Waals surface area (Å²) in [6.07, 6.45) is 2.39. The van der Waals surface area contributed by atoms with Crippen LogP contribution in [-0.4, -0.2) is 66.0 Å². The van der Waals surface area contributed by atoms with Crippen molar-refractivity contribution in [3.8, 4) is 17.2 Å². The van der Waals surface area contributed by atoms with Crippen molar-refractivity contribution in [3.63, 3.8) is 0 Å². The normalized spacial score (nSPS) is 16.5. The number of rotatable bonds is 10. The molecule has 48 heavy (non-hydrogen) atoms. The number of amides is 1. The number of aliphatic imine (C=N–C) groups is 1. The highest BCUT2D eigenvalue weighted by Gasteiger charge is 2.30. The van der Waals surface area contributed by atoms with Crippen LogP contribution in [0, 0.1) is 12.7 Å². The number of hydrogen-bond acceptors (Lipinski definition) is 8. The first-order valence-corrected chi connectivity index (χ1v) is 16.0. The number of ketones is 1. The molecule has 0 atom stereocenters. The molecule has 2 fully saturated rings. The van der Waals surface area contributed by atoms with Gasteiger partial charge < -0.3 is 35.6 Å². The second-order valence-electron chi connectivity index (χ2n) is 12.2. The Morgan fingerprint density at radius 3 is 2.50 bits per heavy atom. The third-order valence-electron chi connectivity index (χ3n) is 8.65. The number of likely N-dealkylation sites (tertiary alicyclic amines) is 1. The zero-order chi connectivity index (χ0) is 33.9. The molecule has 0 bridgehead atoms. The molecular weight excluding hydrogens is 615 g/mol. The summed E-state index contributed by atoms with van der Waals surface area (Å²) in [4.78, 5) is 37.8. The van der Waals surface area contributed by atoms with E-state index in [4.69, 9.17) is 25.7 Å². The van der Waals surface area contributed by atoms with E-state index in [9.17, 15) is 14.0 Å². The molecule has 5 N–H and O–H groups in total. The number of aromatic amines is 1. The van der Waals surface area contributed by atoms with Crippen LogP contribution < -0.4 is 25.8 Å². The monoisotopic (exact) mass is 654 g/mol. The van der Waals surface area contributed by atoms with Crippen LogP contribution in [0.5, 0.6) is 17.2 Å². The van der Waals surface area contributed by atoms with Crippen molar-refractivity contribution < 1.29 is 28.2 Å². The summed E-state index contributed by atoms with van der Waals surface area (Å²) in [6, 6.07) is 17.0. The van der Waals surface area contributed by atoms with Crippen molar-refractivity contribution in [2.45, 2.75) is 45.8 Å². The van der Waals surface area contributed by atoms with Crippen LogP contribution in [0.15, 0.2) is 77.4 Å². The molecule has 4 aromatic rings. The summed E-state index contributed by atoms with van der Waals surface area (Å²) in [7, 11) is 0. The number of carbonyl (C=O) groups excluding carboxylic acids is 2. The van der Waals surface area contributed by atoms with Gasteiger partial charge in [-0.25, -0.2) is 14.2 Å². The average molecular weight is 655 g/mol. The fraction of sp³-hybridized carbons (Fsp3) is 0.306. The van der Waals surface area contributed by atoms with Gasteiger partial charge in [0.1, 0.15) is 30.0 Å². The number of aromatic nitrogens is 1. The maximum absolute atomic E-state index is 14.1. The standard InChI is InChI=1S/C36H39FN6O5/c1-21(2)42-12-10-25(11-13-42)47-33-18-23-17-29(41-28(23)19-30(33)43-14-15-46-36(43)45)34(44)26(20-38)35(39)40-24-8-9-31(22(3)16-24)48-32-7-5-4-6-27(32)37/h4-9,16-21,25,41H,10-15,38H2,1-3H3,(H2,39,40). The first kappa shape index (κ1) is 32.6. The number of Topliss-reactive ketones (excluding diaryl/α,β-unsaturated/α-hetero) is 1. The maximum atomic E-state index is 14.1. The number of carbonyl (C=O) groups is 2. The molecule has 0 saturated carbocycles. The van der Waals surface area contributed by atoms with Crippen LogP contribution in [0.1, 0.15) is 42.7 Å². The van der Waals surface area contributed by atoms with Gasteiger partial charge in [0.15, 0.2) is 11.6 Å². The van der Waals surface area contributed by atoms with E-state index < -0.39 is 17.7 Å². The number of H-pyrrole nitrogens is 1. The van der Waals surface area contributed by atoms with Crippen LogP contribution in [0.4, 0.5) is 20.6 Å². The van der Waals surface area contributed by atoms with Gasteiger partial charge >= 0.3 is 6.09 Å². The van der Waals surface area contributed by atoms with Crippen molar-refractivity contribution >= 4 is 40.0 Å². The lowest BCUT2D eigenvalue weighted by atomic mass is 10.1. The molecule has 1 aromatic heterocycles. The molecule has 2 aliphatic heterocycles. The number of nitrogens with zero attached hydrogens (tertiary/aromatic N) is 3. The summed E-state index contributed by atoms with van der Waals surface area (Å²) in [5.41, 5.74) is 14.8. The van der Waals surface area contributed by atoms with Crippen LogP contribution in [-0.2, 0) is 4.74 Å². The number of fused-ring (bicyclic) bond motifs is 1. The highest BCUT2D eigenvalue weighted by Crippen LogP contribution is 2.37. The molecule has 0 spiro atoms. The number of nitrogens with two attached hydrogens (primary N) is 2. The van der Waals surface area contributed by atoms with E-state index in [-0.39, 0.29) is 35.6 Å². The van der Waals surface area contributed by atoms with Gasteiger partial charge in [0.05, 0.1) is 29.2 Å². The van der Waals surface area contributed by atoms with Gasteiger partial charge in [-0.1, -0.05) is 12.1 Å². The van der Waals surface area contributed by atoms with Crippen molar-refractivity contribution in [2.24, 2.45) is 16.5 Å². The van der Waals surface area contributed by atoms with Gasteiger partial charge in [-0.05, 0) is 87.7 Å². The minimum Gasteiger partial charge on any atom is -0.488 e. The van der Waals surface area contributed by atoms with E-state index in [1.807, 2.05) is 6.07 Å². The molecule has 3 aromatic carbocycles.